The molecule has 0 aliphatic carbocycles. The fraction of sp³-hybridized carbons (Fsp3) is 0.105. The van der Waals surface area contributed by atoms with Gasteiger partial charge in [0, 0.05) is 21.6 Å². The van der Waals surface area contributed by atoms with Gasteiger partial charge in [-0.2, -0.15) is 9.36 Å². The molecule has 2 aromatic carbocycles. The molecule has 0 atom stereocenters. The maximum atomic E-state index is 12.4. The van der Waals surface area contributed by atoms with Crippen molar-refractivity contribution in [3.05, 3.63) is 69.8 Å². The van der Waals surface area contributed by atoms with E-state index in [1.54, 1.807) is 10.7 Å². The highest BCUT2D eigenvalue weighted by Crippen LogP contribution is 2.24. The Morgan fingerprint density at radius 3 is 2.68 bits per heavy atom. The molecule has 2 aromatic heterocycles. The molecule has 0 unspecified atom stereocenters. The van der Waals surface area contributed by atoms with Gasteiger partial charge in [0.1, 0.15) is 0 Å². The first-order valence-electron chi connectivity index (χ1n) is 8.41. The number of hydrogen-bond donors (Lipinski definition) is 1. The van der Waals surface area contributed by atoms with Crippen LogP contribution in [0.2, 0.25) is 0 Å². The molecule has 7 nitrogen and oxygen atoms in total. The van der Waals surface area contributed by atoms with Crippen molar-refractivity contribution in [2.75, 3.05) is 5.32 Å². The Morgan fingerprint density at radius 2 is 1.93 bits per heavy atom. The van der Waals surface area contributed by atoms with E-state index >= 15 is 0 Å². The third-order valence-corrected chi connectivity index (χ3v) is 5.26. The number of carbonyl (C=O) groups is 1. The number of nitrogens with one attached hydrogen (secondary N) is 1. The fourth-order valence-electron chi connectivity index (χ4n) is 2.69. The van der Waals surface area contributed by atoms with E-state index in [1.165, 1.54) is 0 Å². The molecule has 0 fully saturated rings. The lowest BCUT2D eigenvalue weighted by Gasteiger charge is -2.03. The number of hydrogen-bond acceptors (Lipinski definition) is 6. The van der Waals surface area contributed by atoms with E-state index in [0.29, 0.717) is 22.2 Å². The predicted molar refractivity (Wildman–Crippen MR) is 112 cm³/mol. The Kier molecular flexibility index (Phi) is 5.01. The van der Waals surface area contributed by atoms with Crippen LogP contribution in [0.15, 0.2) is 53.0 Å². The monoisotopic (exact) mass is 454 g/mol. The van der Waals surface area contributed by atoms with Crippen molar-refractivity contribution in [2.45, 2.75) is 13.8 Å². The summed E-state index contributed by atoms with van der Waals surface area (Å²) in [6.45, 7) is 3.85. The summed E-state index contributed by atoms with van der Waals surface area (Å²) in [6, 6.07) is 15.1. The molecule has 0 spiro atoms. The van der Waals surface area contributed by atoms with E-state index in [9.17, 15) is 4.79 Å². The van der Waals surface area contributed by atoms with Crippen LogP contribution in [-0.4, -0.2) is 30.3 Å². The third kappa shape index (κ3) is 3.71. The molecule has 9 heteroatoms. The Hall–Kier alpha value is -2.91. The fourth-order valence-corrected chi connectivity index (χ4v) is 3.52. The first-order valence-corrected chi connectivity index (χ1v) is 9.98. The molecule has 2 heterocycles. The molecule has 140 valence electrons. The maximum absolute atomic E-state index is 12.4. The zero-order valence-corrected chi connectivity index (χ0v) is 17.5. The third-order valence-electron chi connectivity index (χ3n) is 4.10. The molecule has 0 saturated carbocycles. The van der Waals surface area contributed by atoms with Crippen LogP contribution in [0.3, 0.4) is 0 Å². The largest absolute Gasteiger partial charge is 0.297 e. The SMILES string of the molecule is Cc1cccc(C(=O)Nc2nc(-c3nnn(-c4ccc(Br)cc4)c3C)ns2)c1. The van der Waals surface area contributed by atoms with Crippen molar-refractivity contribution in [3.8, 4) is 17.2 Å². The van der Waals surface area contributed by atoms with Crippen molar-refractivity contribution in [1.29, 1.82) is 0 Å². The van der Waals surface area contributed by atoms with Gasteiger partial charge in [0.25, 0.3) is 5.91 Å². The second kappa shape index (κ2) is 7.61. The number of benzene rings is 2. The van der Waals surface area contributed by atoms with Gasteiger partial charge in [0.05, 0.1) is 11.4 Å². The molecule has 0 bridgehead atoms. The molecular formula is C19H15BrN6OS. The average molecular weight is 455 g/mol. The summed E-state index contributed by atoms with van der Waals surface area (Å²) in [6.07, 6.45) is 0. The highest BCUT2D eigenvalue weighted by Gasteiger charge is 2.18. The molecule has 4 rings (SSSR count). The van der Waals surface area contributed by atoms with Gasteiger partial charge >= 0.3 is 0 Å². The van der Waals surface area contributed by atoms with Crippen LogP contribution < -0.4 is 5.32 Å². The van der Waals surface area contributed by atoms with Gasteiger partial charge in [-0.25, -0.2) is 4.68 Å². The second-order valence-corrected chi connectivity index (χ2v) is 7.83. The van der Waals surface area contributed by atoms with Crippen LogP contribution in [0.25, 0.3) is 17.2 Å². The van der Waals surface area contributed by atoms with Gasteiger partial charge < -0.3 is 0 Å². The number of anilines is 1. The summed E-state index contributed by atoms with van der Waals surface area (Å²) in [5.74, 6) is 0.215. The highest BCUT2D eigenvalue weighted by atomic mass is 79.9. The number of nitrogens with zero attached hydrogens (tertiary/aromatic N) is 5. The molecule has 0 radical (unpaired) electrons. The number of rotatable bonds is 4. The van der Waals surface area contributed by atoms with Crippen molar-refractivity contribution < 1.29 is 4.79 Å². The van der Waals surface area contributed by atoms with Crippen LogP contribution in [0.5, 0.6) is 0 Å². The van der Waals surface area contributed by atoms with E-state index in [2.05, 4.69) is 40.9 Å². The van der Waals surface area contributed by atoms with Gasteiger partial charge in [0.2, 0.25) is 5.13 Å². The number of halogens is 1. The van der Waals surface area contributed by atoms with E-state index in [-0.39, 0.29) is 5.91 Å². The van der Waals surface area contributed by atoms with Gasteiger partial charge in [-0.15, -0.1) is 5.10 Å². The molecule has 1 N–H and O–H groups in total. The molecule has 1 amide bonds. The number of carbonyl (C=O) groups excluding carboxylic acids is 1. The zero-order valence-electron chi connectivity index (χ0n) is 15.0. The summed E-state index contributed by atoms with van der Waals surface area (Å²) >= 11 is 4.53. The molecular weight excluding hydrogens is 440 g/mol. The van der Waals surface area contributed by atoms with E-state index in [0.717, 1.165) is 32.9 Å². The molecule has 0 saturated heterocycles. The lowest BCUT2D eigenvalue weighted by molar-refractivity contribution is 0.102. The predicted octanol–water partition coefficient (Wildman–Crippen LogP) is 4.42. The smallest absolute Gasteiger partial charge is 0.257 e. The van der Waals surface area contributed by atoms with E-state index in [1.807, 2.05) is 56.3 Å². The van der Waals surface area contributed by atoms with Crippen LogP contribution in [0.4, 0.5) is 5.13 Å². The quantitative estimate of drug-likeness (QED) is 0.493. The summed E-state index contributed by atoms with van der Waals surface area (Å²) in [7, 11) is 0. The number of aromatic nitrogens is 5. The number of amides is 1. The maximum Gasteiger partial charge on any atom is 0.257 e. The van der Waals surface area contributed by atoms with Crippen molar-refractivity contribution in [2.24, 2.45) is 0 Å². The Labute approximate surface area is 173 Å². The molecule has 4 aromatic rings. The summed E-state index contributed by atoms with van der Waals surface area (Å²) in [5, 5.41) is 11.6. The zero-order chi connectivity index (χ0) is 19.7. The highest BCUT2D eigenvalue weighted by molar-refractivity contribution is 9.10. The normalized spacial score (nSPS) is 10.8. The Balaban J connectivity index is 1.56. The van der Waals surface area contributed by atoms with Gasteiger partial charge in [-0.3, -0.25) is 10.1 Å². The van der Waals surface area contributed by atoms with Crippen LogP contribution in [0.1, 0.15) is 21.6 Å². The standard InChI is InChI=1S/C19H15BrN6OS/c1-11-4-3-5-13(10-11)18(27)22-19-21-17(24-28-19)16-12(2)26(25-23-16)15-8-6-14(20)7-9-15/h3-10H,1-2H3,(H,21,22,24,27). The summed E-state index contributed by atoms with van der Waals surface area (Å²) < 4.78 is 7.05. The van der Waals surface area contributed by atoms with Crippen LogP contribution in [0, 0.1) is 13.8 Å². The molecule has 0 aliphatic rings. The second-order valence-electron chi connectivity index (χ2n) is 6.16. The average Bonchev–Trinajstić information content (AvgIpc) is 3.29. The van der Waals surface area contributed by atoms with Crippen LogP contribution >= 0.6 is 27.5 Å². The topological polar surface area (TPSA) is 85.6 Å². The summed E-state index contributed by atoms with van der Waals surface area (Å²) in [5.41, 5.74) is 3.88. The first kappa shape index (κ1) is 18.5. The van der Waals surface area contributed by atoms with Gasteiger partial charge in [0.15, 0.2) is 11.5 Å². The minimum Gasteiger partial charge on any atom is -0.297 e. The molecule has 0 aliphatic heterocycles. The lowest BCUT2D eigenvalue weighted by atomic mass is 10.1. The van der Waals surface area contributed by atoms with Crippen molar-refractivity contribution in [3.63, 3.8) is 0 Å². The van der Waals surface area contributed by atoms with Gasteiger partial charge in [-0.1, -0.05) is 38.8 Å². The molecule has 28 heavy (non-hydrogen) atoms. The minimum absolute atomic E-state index is 0.221. The first-order chi connectivity index (χ1) is 13.5. The van der Waals surface area contributed by atoms with Crippen LogP contribution in [-0.2, 0) is 0 Å². The minimum atomic E-state index is -0.221. The Morgan fingerprint density at radius 1 is 1.14 bits per heavy atom. The lowest BCUT2D eigenvalue weighted by Crippen LogP contribution is -2.11. The van der Waals surface area contributed by atoms with E-state index < -0.39 is 0 Å². The Bertz CT molecular complexity index is 1150. The van der Waals surface area contributed by atoms with Gasteiger partial charge in [-0.05, 0) is 50.2 Å². The number of aryl methyl sites for hydroxylation is 1. The van der Waals surface area contributed by atoms with E-state index in [4.69, 9.17) is 0 Å². The summed E-state index contributed by atoms with van der Waals surface area (Å²) in [4.78, 5) is 16.8. The van der Waals surface area contributed by atoms with Crippen molar-refractivity contribution in [1.82, 2.24) is 24.4 Å². The van der Waals surface area contributed by atoms with Crippen molar-refractivity contribution >= 4 is 38.5 Å².